The molecule has 1 atom stereocenters. The lowest BCUT2D eigenvalue weighted by Crippen LogP contribution is -2.27. The van der Waals surface area contributed by atoms with Crippen molar-refractivity contribution < 1.29 is 9.21 Å². The van der Waals surface area contributed by atoms with E-state index in [1.807, 2.05) is 67.6 Å². The van der Waals surface area contributed by atoms with Crippen LogP contribution in [0.3, 0.4) is 0 Å². The van der Waals surface area contributed by atoms with Crippen molar-refractivity contribution in [3.63, 3.8) is 0 Å². The number of aromatic amines is 1. The minimum atomic E-state index is -0.447. The van der Waals surface area contributed by atoms with Crippen LogP contribution in [-0.4, -0.2) is 15.9 Å². The van der Waals surface area contributed by atoms with E-state index in [-0.39, 0.29) is 11.6 Å². The number of fused-ring (bicyclic) bond motifs is 1. The van der Waals surface area contributed by atoms with Gasteiger partial charge in [0.25, 0.3) is 5.91 Å². The van der Waals surface area contributed by atoms with Crippen molar-refractivity contribution in [2.75, 3.05) is 0 Å². The molecule has 148 valence electrons. The number of imidazole rings is 1. The van der Waals surface area contributed by atoms with Gasteiger partial charge in [-0.2, -0.15) is 5.26 Å². The van der Waals surface area contributed by atoms with Gasteiger partial charge in [0, 0.05) is 6.08 Å². The second kappa shape index (κ2) is 8.72. The molecule has 2 N–H and O–H groups in total. The van der Waals surface area contributed by atoms with Gasteiger partial charge in [-0.05, 0) is 48.5 Å². The van der Waals surface area contributed by atoms with Gasteiger partial charge in [0.2, 0.25) is 0 Å². The second-order valence-corrected chi connectivity index (χ2v) is 7.59. The van der Waals surface area contributed by atoms with Crippen molar-refractivity contribution in [3.05, 3.63) is 83.6 Å². The lowest BCUT2D eigenvalue weighted by molar-refractivity contribution is -0.117. The molecule has 0 saturated carbocycles. The highest BCUT2D eigenvalue weighted by molar-refractivity contribution is 7.99. The van der Waals surface area contributed by atoms with E-state index in [9.17, 15) is 10.1 Å². The molecule has 0 radical (unpaired) electrons. The molecule has 0 saturated heterocycles. The monoisotopic (exact) mass is 414 g/mol. The maximum absolute atomic E-state index is 12.5. The number of hydrogen-bond donors (Lipinski definition) is 2. The predicted molar refractivity (Wildman–Crippen MR) is 116 cm³/mol. The van der Waals surface area contributed by atoms with Gasteiger partial charge in [-0.25, -0.2) is 4.98 Å². The van der Waals surface area contributed by atoms with Gasteiger partial charge < -0.3 is 14.7 Å². The molecule has 6 nitrogen and oxygen atoms in total. The third-order valence-electron chi connectivity index (χ3n) is 4.47. The summed E-state index contributed by atoms with van der Waals surface area (Å²) in [7, 11) is 0. The summed E-state index contributed by atoms with van der Waals surface area (Å²) in [4.78, 5) is 20.2. The molecule has 0 aliphatic heterocycles. The molecule has 4 rings (SSSR count). The number of furan rings is 1. The summed E-state index contributed by atoms with van der Waals surface area (Å²) >= 11 is 1.34. The van der Waals surface area contributed by atoms with E-state index in [1.165, 1.54) is 17.8 Å². The van der Waals surface area contributed by atoms with Crippen LogP contribution in [0.4, 0.5) is 0 Å². The first-order valence-electron chi connectivity index (χ1n) is 9.32. The maximum atomic E-state index is 12.5. The van der Waals surface area contributed by atoms with Crippen LogP contribution >= 0.6 is 11.8 Å². The largest absolute Gasteiger partial charge is 0.450 e. The molecular weight excluding hydrogens is 396 g/mol. The number of nitrogens with zero attached hydrogens (tertiary/aromatic N) is 2. The Bertz CT molecular complexity index is 1220. The number of carbonyl (C=O) groups is 1. The number of aromatic nitrogens is 2. The zero-order valence-corrected chi connectivity index (χ0v) is 16.9. The van der Waals surface area contributed by atoms with Gasteiger partial charge in [-0.3, -0.25) is 4.79 Å². The van der Waals surface area contributed by atoms with Crippen LogP contribution in [0.15, 0.2) is 87.0 Å². The summed E-state index contributed by atoms with van der Waals surface area (Å²) in [5, 5.41) is 13.6. The molecule has 0 fully saturated rings. The van der Waals surface area contributed by atoms with Gasteiger partial charge in [0.1, 0.15) is 17.4 Å². The quantitative estimate of drug-likeness (QED) is 0.338. The third-order valence-corrected chi connectivity index (χ3v) is 5.27. The van der Waals surface area contributed by atoms with Crippen molar-refractivity contribution in [1.29, 1.82) is 5.26 Å². The minimum absolute atomic E-state index is 0.0209. The first-order chi connectivity index (χ1) is 14.6. The molecule has 4 aromatic rings. The fourth-order valence-electron chi connectivity index (χ4n) is 2.93. The first-order valence-corrected chi connectivity index (χ1v) is 10.1. The van der Waals surface area contributed by atoms with Crippen molar-refractivity contribution in [2.24, 2.45) is 0 Å². The topological polar surface area (TPSA) is 94.7 Å². The van der Waals surface area contributed by atoms with E-state index in [4.69, 9.17) is 4.42 Å². The number of nitrogens with one attached hydrogen (secondary N) is 2. The normalized spacial score (nSPS) is 12.5. The van der Waals surface area contributed by atoms with Crippen LogP contribution in [0.1, 0.15) is 24.3 Å². The van der Waals surface area contributed by atoms with E-state index in [0.717, 1.165) is 16.6 Å². The molecular formula is C23H18N4O2S. The highest BCUT2D eigenvalue weighted by Crippen LogP contribution is 2.29. The fraction of sp³-hybridized carbons (Fsp3) is 0.0870. The van der Waals surface area contributed by atoms with E-state index in [2.05, 4.69) is 15.3 Å². The maximum Gasteiger partial charge on any atom is 0.262 e. The number of amides is 1. The average molecular weight is 414 g/mol. The standard InChI is InChI=1S/C23H18N4O2S/c1-15(16-7-3-2-4-8-16)25-22(28)17(14-24)13-18-11-12-21(29-18)30-23-26-19-9-5-6-10-20(19)27-23/h2-13,15H,1H3,(H,25,28)(H,26,27)/b17-13-/t15-/m1/s1. The van der Waals surface area contributed by atoms with Crippen LogP contribution in [-0.2, 0) is 4.79 Å². The number of para-hydroxylation sites is 2. The Kier molecular flexibility index (Phi) is 5.68. The zero-order valence-electron chi connectivity index (χ0n) is 16.1. The molecule has 2 aromatic heterocycles. The van der Waals surface area contributed by atoms with Crippen LogP contribution in [0.5, 0.6) is 0 Å². The van der Waals surface area contributed by atoms with E-state index in [1.54, 1.807) is 12.1 Å². The Labute approximate surface area is 177 Å². The average Bonchev–Trinajstić information content (AvgIpc) is 3.38. The number of carbonyl (C=O) groups excluding carboxylic acids is 1. The zero-order chi connectivity index (χ0) is 20.9. The minimum Gasteiger partial charge on any atom is -0.450 e. The predicted octanol–water partition coefficient (Wildman–Crippen LogP) is 5.09. The molecule has 0 unspecified atom stereocenters. The Morgan fingerprint density at radius 3 is 2.70 bits per heavy atom. The number of nitriles is 1. The summed E-state index contributed by atoms with van der Waals surface area (Å²) in [6.45, 7) is 1.87. The highest BCUT2D eigenvalue weighted by atomic mass is 32.2. The van der Waals surface area contributed by atoms with Gasteiger partial charge in [0.05, 0.1) is 17.1 Å². The Morgan fingerprint density at radius 2 is 1.93 bits per heavy atom. The molecule has 30 heavy (non-hydrogen) atoms. The van der Waals surface area contributed by atoms with Crippen molar-refractivity contribution in [1.82, 2.24) is 15.3 Å². The molecule has 7 heteroatoms. The Morgan fingerprint density at radius 1 is 1.17 bits per heavy atom. The third kappa shape index (κ3) is 4.45. The molecule has 1 amide bonds. The number of benzene rings is 2. The van der Waals surface area contributed by atoms with E-state index < -0.39 is 5.91 Å². The molecule has 0 aliphatic carbocycles. The first kappa shape index (κ1) is 19.6. The van der Waals surface area contributed by atoms with Crippen LogP contribution < -0.4 is 5.32 Å². The molecule has 0 spiro atoms. The van der Waals surface area contributed by atoms with Gasteiger partial charge >= 0.3 is 0 Å². The molecule has 0 bridgehead atoms. The summed E-state index contributed by atoms with van der Waals surface area (Å²) in [5.74, 6) is -0.0237. The van der Waals surface area contributed by atoms with Crippen molar-refractivity contribution in [2.45, 2.75) is 23.2 Å². The van der Waals surface area contributed by atoms with Crippen molar-refractivity contribution in [3.8, 4) is 6.07 Å². The van der Waals surface area contributed by atoms with Gasteiger partial charge in [0.15, 0.2) is 10.2 Å². The molecule has 0 aliphatic rings. The molecule has 2 heterocycles. The van der Waals surface area contributed by atoms with Crippen LogP contribution in [0, 0.1) is 11.3 Å². The van der Waals surface area contributed by atoms with Crippen LogP contribution in [0.2, 0.25) is 0 Å². The number of rotatable bonds is 6. The fourth-order valence-corrected chi connectivity index (χ4v) is 3.70. The lowest BCUT2D eigenvalue weighted by Gasteiger charge is -2.13. The number of H-pyrrole nitrogens is 1. The highest BCUT2D eigenvalue weighted by Gasteiger charge is 2.15. The summed E-state index contributed by atoms with van der Waals surface area (Å²) < 4.78 is 5.75. The van der Waals surface area contributed by atoms with Crippen molar-refractivity contribution >= 4 is 34.8 Å². The smallest absolute Gasteiger partial charge is 0.262 e. The Hall–Kier alpha value is -3.76. The van der Waals surface area contributed by atoms with E-state index in [0.29, 0.717) is 16.0 Å². The second-order valence-electron chi connectivity index (χ2n) is 6.59. The van der Waals surface area contributed by atoms with Gasteiger partial charge in [-0.1, -0.05) is 42.5 Å². The summed E-state index contributed by atoms with van der Waals surface area (Å²) in [6.07, 6.45) is 1.44. The SMILES string of the molecule is C[C@@H](NC(=O)/C(C#N)=C\c1ccc(Sc2nc3ccccc3[nH]2)o1)c1ccccc1. The summed E-state index contributed by atoms with van der Waals surface area (Å²) in [5.41, 5.74) is 2.77. The van der Waals surface area contributed by atoms with Gasteiger partial charge in [-0.15, -0.1) is 0 Å². The number of hydrogen-bond acceptors (Lipinski definition) is 5. The van der Waals surface area contributed by atoms with Crippen LogP contribution in [0.25, 0.3) is 17.1 Å². The van der Waals surface area contributed by atoms with E-state index >= 15 is 0 Å². The molecule has 2 aromatic carbocycles. The lowest BCUT2D eigenvalue weighted by atomic mass is 10.1. The Balaban J connectivity index is 1.46. The summed E-state index contributed by atoms with van der Waals surface area (Å²) in [6, 6.07) is 22.6.